The van der Waals surface area contributed by atoms with Crippen LogP contribution in [0.5, 0.6) is 0 Å². The van der Waals surface area contributed by atoms with Crippen molar-refractivity contribution < 1.29 is 9.90 Å². The molecule has 0 radical (unpaired) electrons. The quantitative estimate of drug-likeness (QED) is 0.860. The highest BCUT2D eigenvalue weighted by molar-refractivity contribution is 9.10. The van der Waals surface area contributed by atoms with Crippen LogP contribution in [0.2, 0.25) is 5.02 Å². The maximum Gasteiger partial charge on any atom is 0.325 e. The maximum atomic E-state index is 10.6. The third kappa shape index (κ3) is 2.43. The van der Waals surface area contributed by atoms with Gasteiger partial charge in [0.25, 0.3) is 0 Å². The van der Waals surface area contributed by atoms with Crippen molar-refractivity contribution in [2.45, 2.75) is 6.04 Å². The molecule has 0 heterocycles. The largest absolute Gasteiger partial charge is 0.480 e. The van der Waals surface area contributed by atoms with Crippen LogP contribution in [0, 0.1) is 0 Å². The Morgan fingerprint density at radius 3 is 2.77 bits per heavy atom. The Hall–Kier alpha value is -0.580. The van der Waals surface area contributed by atoms with E-state index in [1.54, 1.807) is 12.1 Å². The molecule has 0 aliphatic heterocycles. The van der Waals surface area contributed by atoms with Crippen LogP contribution in [0.1, 0.15) is 11.6 Å². The summed E-state index contributed by atoms with van der Waals surface area (Å²) in [6.07, 6.45) is 0. The summed E-state index contributed by atoms with van der Waals surface area (Å²) < 4.78 is 0.645. The minimum Gasteiger partial charge on any atom is -0.480 e. The zero-order valence-electron chi connectivity index (χ0n) is 6.50. The second-order valence-corrected chi connectivity index (χ2v) is 3.77. The molecule has 5 heteroatoms. The van der Waals surface area contributed by atoms with E-state index < -0.39 is 12.0 Å². The zero-order valence-corrected chi connectivity index (χ0v) is 8.84. The average molecular weight is 265 g/mol. The van der Waals surface area contributed by atoms with Gasteiger partial charge in [0.15, 0.2) is 0 Å². The fraction of sp³-hybridized carbons (Fsp3) is 0.125. The van der Waals surface area contributed by atoms with E-state index in [0.29, 0.717) is 15.1 Å². The van der Waals surface area contributed by atoms with Gasteiger partial charge in [0, 0.05) is 9.50 Å². The minimum atomic E-state index is -1.08. The molecule has 70 valence electrons. The first-order valence-electron chi connectivity index (χ1n) is 3.45. The number of carboxylic acid groups (broad SMARTS) is 1. The summed E-state index contributed by atoms with van der Waals surface area (Å²) in [5.41, 5.74) is 5.89. The molecule has 3 N–H and O–H groups in total. The molecule has 0 aliphatic rings. The molecule has 0 amide bonds. The van der Waals surface area contributed by atoms with Crippen molar-refractivity contribution >= 4 is 33.5 Å². The SMILES string of the molecule is NC(C(=O)O)c1cc(Cl)ccc1Br. The van der Waals surface area contributed by atoms with Crippen LogP contribution in [0.4, 0.5) is 0 Å². The van der Waals surface area contributed by atoms with Crippen molar-refractivity contribution in [1.29, 1.82) is 0 Å². The zero-order chi connectivity index (χ0) is 10.0. The predicted octanol–water partition coefficient (Wildman–Crippen LogP) is 2.19. The lowest BCUT2D eigenvalue weighted by atomic mass is 10.1. The number of hydrogen-bond acceptors (Lipinski definition) is 2. The van der Waals surface area contributed by atoms with Gasteiger partial charge < -0.3 is 10.8 Å². The molecule has 0 aromatic heterocycles. The van der Waals surface area contributed by atoms with Gasteiger partial charge in [-0.05, 0) is 23.8 Å². The van der Waals surface area contributed by atoms with Crippen LogP contribution < -0.4 is 5.73 Å². The fourth-order valence-electron chi connectivity index (χ4n) is 0.886. The second kappa shape index (κ2) is 4.09. The highest BCUT2D eigenvalue weighted by Crippen LogP contribution is 2.25. The Morgan fingerprint density at radius 2 is 2.23 bits per heavy atom. The third-order valence-electron chi connectivity index (χ3n) is 1.56. The monoisotopic (exact) mass is 263 g/mol. The van der Waals surface area contributed by atoms with Gasteiger partial charge in [-0.3, -0.25) is 4.79 Å². The molecule has 0 saturated heterocycles. The van der Waals surface area contributed by atoms with Crippen LogP contribution in [0.15, 0.2) is 22.7 Å². The summed E-state index contributed by atoms with van der Waals surface area (Å²) in [5, 5.41) is 9.13. The van der Waals surface area contributed by atoms with Crippen molar-refractivity contribution in [3.63, 3.8) is 0 Å². The van der Waals surface area contributed by atoms with E-state index in [9.17, 15) is 4.79 Å². The van der Waals surface area contributed by atoms with Crippen LogP contribution in [-0.2, 0) is 4.79 Å². The fourth-order valence-corrected chi connectivity index (χ4v) is 1.56. The topological polar surface area (TPSA) is 63.3 Å². The molecule has 13 heavy (non-hydrogen) atoms. The molecule has 3 nitrogen and oxygen atoms in total. The summed E-state index contributed by atoms with van der Waals surface area (Å²) in [6, 6.07) is 3.81. The first-order chi connectivity index (χ1) is 6.02. The number of rotatable bonds is 2. The molecular weight excluding hydrogens is 257 g/mol. The van der Waals surface area contributed by atoms with Crippen molar-refractivity contribution in [1.82, 2.24) is 0 Å². The number of benzene rings is 1. The molecule has 1 aromatic rings. The van der Waals surface area contributed by atoms with Crippen LogP contribution in [-0.4, -0.2) is 11.1 Å². The van der Waals surface area contributed by atoms with E-state index in [1.807, 2.05) is 0 Å². The van der Waals surface area contributed by atoms with Gasteiger partial charge in [0.2, 0.25) is 0 Å². The Morgan fingerprint density at radius 1 is 1.62 bits per heavy atom. The Labute approximate surface area is 88.6 Å². The highest BCUT2D eigenvalue weighted by Gasteiger charge is 2.17. The average Bonchev–Trinajstić information content (AvgIpc) is 2.08. The molecule has 0 aliphatic carbocycles. The molecule has 0 spiro atoms. The predicted molar refractivity (Wildman–Crippen MR) is 53.7 cm³/mol. The molecule has 0 saturated carbocycles. The smallest absolute Gasteiger partial charge is 0.325 e. The van der Waals surface area contributed by atoms with Gasteiger partial charge in [-0.15, -0.1) is 0 Å². The maximum absolute atomic E-state index is 10.6. The summed E-state index contributed by atoms with van der Waals surface area (Å²) in [4.78, 5) is 10.6. The number of hydrogen-bond donors (Lipinski definition) is 2. The Kier molecular flexibility index (Phi) is 3.30. The molecule has 1 atom stereocenters. The summed E-state index contributed by atoms with van der Waals surface area (Å²) in [5.74, 6) is -1.08. The summed E-state index contributed by atoms with van der Waals surface area (Å²) >= 11 is 8.89. The molecule has 1 unspecified atom stereocenters. The summed E-state index contributed by atoms with van der Waals surface area (Å²) in [7, 11) is 0. The third-order valence-corrected chi connectivity index (χ3v) is 2.52. The van der Waals surface area contributed by atoms with Crippen molar-refractivity contribution in [2.75, 3.05) is 0 Å². The van der Waals surface area contributed by atoms with E-state index in [4.69, 9.17) is 22.4 Å². The van der Waals surface area contributed by atoms with Crippen LogP contribution >= 0.6 is 27.5 Å². The number of aliphatic carboxylic acids is 1. The van der Waals surface area contributed by atoms with Crippen LogP contribution in [0.25, 0.3) is 0 Å². The lowest BCUT2D eigenvalue weighted by Gasteiger charge is -2.08. The molecular formula is C8H7BrClNO2. The molecule has 0 bridgehead atoms. The lowest BCUT2D eigenvalue weighted by Crippen LogP contribution is -2.20. The first-order valence-corrected chi connectivity index (χ1v) is 4.63. The Balaban J connectivity index is 3.12. The van der Waals surface area contributed by atoms with Crippen molar-refractivity contribution in [3.8, 4) is 0 Å². The number of carboxylic acids is 1. The van der Waals surface area contributed by atoms with Gasteiger partial charge in [-0.25, -0.2) is 0 Å². The van der Waals surface area contributed by atoms with Gasteiger partial charge in [0.05, 0.1) is 0 Å². The normalized spacial score (nSPS) is 12.5. The molecule has 0 fully saturated rings. The number of carbonyl (C=O) groups is 1. The minimum absolute atomic E-state index is 0.468. The van der Waals surface area contributed by atoms with Crippen molar-refractivity contribution in [2.24, 2.45) is 5.73 Å². The van der Waals surface area contributed by atoms with Crippen LogP contribution in [0.3, 0.4) is 0 Å². The standard InChI is InChI=1S/C8H7BrClNO2/c9-6-2-1-4(10)3-5(6)7(11)8(12)13/h1-3,7H,11H2,(H,12,13). The molecule has 1 aromatic carbocycles. The lowest BCUT2D eigenvalue weighted by molar-refractivity contribution is -0.138. The van der Waals surface area contributed by atoms with E-state index >= 15 is 0 Å². The molecule has 1 rings (SSSR count). The summed E-state index contributed by atoms with van der Waals surface area (Å²) in [6.45, 7) is 0. The first kappa shape index (κ1) is 10.5. The van der Waals surface area contributed by atoms with Gasteiger partial charge in [-0.2, -0.15) is 0 Å². The number of halogens is 2. The van der Waals surface area contributed by atoms with Gasteiger partial charge in [0.1, 0.15) is 6.04 Å². The van der Waals surface area contributed by atoms with Crippen molar-refractivity contribution in [3.05, 3.63) is 33.3 Å². The Bertz CT molecular complexity index is 343. The van der Waals surface area contributed by atoms with E-state index in [2.05, 4.69) is 15.9 Å². The van der Waals surface area contributed by atoms with E-state index in [1.165, 1.54) is 6.07 Å². The number of nitrogens with two attached hydrogens (primary N) is 1. The van der Waals surface area contributed by atoms with E-state index in [0.717, 1.165) is 0 Å². The van der Waals surface area contributed by atoms with Gasteiger partial charge in [-0.1, -0.05) is 27.5 Å². The second-order valence-electron chi connectivity index (χ2n) is 2.48. The van der Waals surface area contributed by atoms with E-state index in [-0.39, 0.29) is 0 Å². The highest BCUT2D eigenvalue weighted by atomic mass is 79.9. The van der Waals surface area contributed by atoms with Gasteiger partial charge >= 0.3 is 5.97 Å².